The number of hydrogen-bond acceptors (Lipinski definition) is 5. The van der Waals surface area contributed by atoms with E-state index >= 15 is 0 Å². The lowest BCUT2D eigenvalue weighted by Crippen LogP contribution is -2.05. The van der Waals surface area contributed by atoms with Crippen LogP contribution >= 0.6 is 0 Å². The zero-order valence-corrected chi connectivity index (χ0v) is 13.5. The Morgan fingerprint density at radius 3 is 2.62 bits per heavy atom. The van der Waals surface area contributed by atoms with Gasteiger partial charge in [-0.15, -0.1) is 0 Å². The highest BCUT2D eigenvalue weighted by atomic mass is 19.4. The molecule has 0 fully saturated rings. The Morgan fingerprint density at radius 1 is 1.27 bits per heavy atom. The minimum atomic E-state index is -4.51. The molecular weight excluding hydrogens is 355 g/mol. The summed E-state index contributed by atoms with van der Waals surface area (Å²) in [6.45, 7) is -0.0255. The topological polar surface area (TPSA) is 77.9 Å². The zero-order valence-electron chi connectivity index (χ0n) is 13.5. The molecule has 0 aliphatic carbocycles. The van der Waals surface area contributed by atoms with E-state index in [0.717, 1.165) is 18.2 Å². The summed E-state index contributed by atoms with van der Waals surface area (Å²) >= 11 is 0. The maximum atomic E-state index is 12.6. The van der Waals surface area contributed by atoms with Gasteiger partial charge in [-0.05, 0) is 24.3 Å². The smallest absolute Gasteiger partial charge is 0.417 e. The van der Waals surface area contributed by atoms with E-state index in [1.807, 2.05) is 0 Å². The second kappa shape index (κ2) is 8.34. The number of alkyl halides is 3. The number of pyridine rings is 1. The van der Waals surface area contributed by atoms with E-state index in [1.54, 1.807) is 6.07 Å². The largest absolute Gasteiger partial charge is 0.478 e. The molecule has 2 aromatic rings. The van der Waals surface area contributed by atoms with Crippen molar-refractivity contribution in [2.75, 3.05) is 13.9 Å². The number of rotatable bonds is 7. The highest BCUT2D eigenvalue weighted by molar-refractivity contribution is 5.86. The van der Waals surface area contributed by atoms with Crippen molar-refractivity contribution in [3.63, 3.8) is 0 Å². The normalized spacial score (nSPS) is 11.5. The fraction of sp³-hybridized carbons (Fsp3) is 0.176. The van der Waals surface area contributed by atoms with Gasteiger partial charge in [0.1, 0.15) is 11.5 Å². The first-order chi connectivity index (χ1) is 12.3. The van der Waals surface area contributed by atoms with Gasteiger partial charge in [0.15, 0.2) is 6.79 Å². The molecule has 1 aromatic heterocycles. The second-order valence-electron chi connectivity index (χ2n) is 4.91. The zero-order chi connectivity index (χ0) is 19.2. The van der Waals surface area contributed by atoms with Crippen molar-refractivity contribution in [3.8, 4) is 17.4 Å². The molecule has 0 unspecified atom stereocenters. The SMILES string of the molecule is COCOc1ccc(C=CC(=O)O)c(Oc2ccc(C(F)(F)F)cn2)c1. The van der Waals surface area contributed by atoms with Crippen LogP contribution in [0.1, 0.15) is 11.1 Å². The predicted octanol–water partition coefficient (Wildman–Crippen LogP) is 3.97. The Hall–Kier alpha value is -3.07. The maximum Gasteiger partial charge on any atom is 0.417 e. The molecule has 6 nitrogen and oxygen atoms in total. The quantitative estimate of drug-likeness (QED) is 0.588. The minimum absolute atomic E-state index is 0.0255. The van der Waals surface area contributed by atoms with Gasteiger partial charge in [0.05, 0.1) is 5.56 Å². The summed E-state index contributed by atoms with van der Waals surface area (Å²) in [4.78, 5) is 14.3. The molecule has 0 saturated carbocycles. The van der Waals surface area contributed by atoms with E-state index in [9.17, 15) is 18.0 Å². The number of aromatic nitrogens is 1. The molecule has 26 heavy (non-hydrogen) atoms. The van der Waals surface area contributed by atoms with Crippen LogP contribution in [0.4, 0.5) is 13.2 Å². The average molecular weight is 369 g/mol. The van der Waals surface area contributed by atoms with E-state index in [1.165, 1.54) is 25.3 Å². The van der Waals surface area contributed by atoms with Crippen LogP contribution in [0.5, 0.6) is 17.4 Å². The Kier molecular flexibility index (Phi) is 6.18. The van der Waals surface area contributed by atoms with Crippen LogP contribution in [0, 0.1) is 0 Å². The van der Waals surface area contributed by atoms with Crippen LogP contribution in [0.25, 0.3) is 6.08 Å². The Morgan fingerprint density at radius 2 is 2.04 bits per heavy atom. The van der Waals surface area contributed by atoms with Crippen molar-refractivity contribution in [2.24, 2.45) is 0 Å². The van der Waals surface area contributed by atoms with Crippen LogP contribution in [0.2, 0.25) is 0 Å². The molecule has 0 spiro atoms. The van der Waals surface area contributed by atoms with Gasteiger partial charge in [0.2, 0.25) is 5.88 Å². The number of carboxylic acids is 1. The average Bonchev–Trinajstić information content (AvgIpc) is 2.58. The molecule has 0 aliphatic rings. The first-order valence-corrected chi connectivity index (χ1v) is 7.17. The van der Waals surface area contributed by atoms with Crippen LogP contribution in [0.15, 0.2) is 42.6 Å². The molecule has 1 aromatic carbocycles. The van der Waals surface area contributed by atoms with Gasteiger partial charge in [-0.1, -0.05) is 0 Å². The van der Waals surface area contributed by atoms with Crippen molar-refractivity contribution in [1.82, 2.24) is 4.98 Å². The second-order valence-corrected chi connectivity index (χ2v) is 4.91. The van der Waals surface area contributed by atoms with Gasteiger partial charge in [-0.25, -0.2) is 9.78 Å². The van der Waals surface area contributed by atoms with Crippen molar-refractivity contribution in [2.45, 2.75) is 6.18 Å². The first-order valence-electron chi connectivity index (χ1n) is 7.17. The van der Waals surface area contributed by atoms with Crippen LogP contribution < -0.4 is 9.47 Å². The van der Waals surface area contributed by atoms with Gasteiger partial charge in [-0.3, -0.25) is 0 Å². The van der Waals surface area contributed by atoms with Gasteiger partial charge < -0.3 is 19.3 Å². The van der Waals surface area contributed by atoms with Crippen molar-refractivity contribution in [3.05, 3.63) is 53.7 Å². The van der Waals surface area contributed by atoms with E-state index in [4.69, 9.17) is 19.3 Å². The van der Waals surface area contributed by atoms with Crippen molar-refractivity contribution < 1.29 is 37.3 Å². The number of nitrogens with zero attached hydrogens (tertiary/aromatic N) is 1. The first kappa shape index (κ1) is 19.3. The third-order valence-corrected chi connectivity index (χ3v) is 3.01. The lowest BCUT2D eigenvalue weighted by atomic mass is 10.1. The Balaban J connectivity index is 2.30. The summed E-state index contributed by atoms with van der Waals surface area (Å²) < 4.78 is 53.3. The monoisotopic (exact) mass is 369 g/mol. The van der Waals surface area contributed by atoms with Crippen molar-refractivity contribution in [1.29, 1.82) is 0 Å². The Bertz CT molecular complexity index is 788. The van der Waals surface area contributed by atoms with E-state index in [2.05, 4.69) is 4.98 Å². The summed E-state index contributed by atoms with van der Waals surface area (Å²) in [5.74, 6) is -0.736. The molecule has 0 aliphatic heterocycles. The fourth-order valence-corrected chi connectivity index (χ4v) is 1.84. The molecule has 0 amide bonds. The van der Waals surface area contributed by atoms with Crippen molar-refractivity contribution >= 4 is 12.0 Å². The lowest BCUT2D eigenvalue weighted by Gasteiger charge is -2.12. The van der Waals surface area contributed by atoms with Crippen LogP contribution in [0.3, 0.4) is 0 Å². The Labute approximate surface area is 146 Å². The van der Waals surface area contributed by atoms with Gasteiger partial charge in [-0.2, -0.15) is 13.2 Å². The molecular formula is C17H14F3NO5. The van der Waals surface area contributed by atoms with Crippen LogP contribution in [-0.4, -0.2) is 30.0 Å². The highest BCUT2D eigenvalue weighted by Crippen LogP contribution is 2.32. The molecule has 9 heteroatoms. The number of carbonyl (C=O) groups is 1. The number of aliphatic carboxylic acids is 1. The predicted molar refractivity (Wildman–Crippen MR) is 84.9 cm³/mol. The number of halogens is 3. The summed E-state index contributed by atoms with van der Waals surface area (Å²) in [5, 5.41) is 8.75. The number of benzene rings is 1. The molecule has 0 bridgehead atoms. The summed E-state index contributed by atoms with van der Waals surface area (Å²) in [6.07, 6.45) is -1.68. The molecule has 2 rings (SSSR count). The van der Waals surface area contributed by atoms with Crippen LogP contribution in [-0.2, 0) is 15.7 Å². The molecule has 138 valence electrons. The lowest BCUT2D eigenvalue weighted by molar-refractivity contribution is -0.138. The molecule has 0 atom stereocenters. The van der Waals surface area contributed by atoms with E-state index in [-0.39, 0.29) is 18.4 Å². The highest BCUT2D eigenvalue weighted by Gasteiger charge is 2.30. The van der Waals surface area contributed by atoms with E-state index < -0.39 is 17.7 Å². The third kappa shape index (κ3) is 5.49. The van der Waals surface area contributed by atoms with Gasteiger partial charge >= 0.3 is 12.1 Å². The van der Waals surface area contributed by atoms with E-state index in [0.29, 0.717) is 17.5 Å². The maximum absolute atomic E-state index is 12.6. The summed E-state index contributed by atoms with van der Waals surface area (Å²) in [7, 11) is 1.44. The molecule has 0 saturated heterocycles. The van der Waals surface area contributed by atoms with Gasteiger partial charge in [0, 0.05) is 37.1 Å². The standard InChI is InChI=1S/C17H14F3NO5/c1-24-10-25-13-5-2-11(3-7-16(22)23)14(8-13)26-15-6-4-12(9-21-15)17(18,19)20/h2-9H,10H2,1H3,(H,22,23). The van der Waals surface area contributed by atoms with Gasteiger partial charge in [0.25, 0.3) is 0 Å². The molecule has 0 radical (unpaired) electrons. The number of carboxylic acid groups (broad SMARTS) is 1. The third-order valence-electron chi connectivity index (χ3n) is 3.01. The minimum Gasteiger partial charge on any atom is -0.478 e. The number of ether oxygens (including phenoxy) is 3. The fourth-order valence-electron chi connectivity index (χ4n) is 1.84. The molecule has 1 heterocycles. The number of methoxy groups -OCH3 is 1. The molecule has 1 N–H and O–H groups in total. The summed E-state index contributed by atoms with van der Waals surface area (Å²) in [5.41, 5.74) is -0.535. The summed E-state index contributed by atoms with van der Waals surface area (Å²) in [6, 6.07) is 6.44. The number of hydrogen-bond donors (Lipinski definition) is 1.